The second-order valence-corrected chi connectivity index (χ2v) is 6.06. The van der Waals surface area contributed by atoms with Gasteiger partial charge < -0.3 is 4.57 Å². The maximum Gasteiger partial charge on any atom is 0.0998 e. The Morgan fingerprint density at radius 1 is 1.25 bits per heavy atom. The highest BCUT2D eigenvalue weighted by Crippen LogP contribution is 2.39. The van der Waals surface area contributed by atoms with Gasteiger partial charge in [-0.1, -0.05) is 19.1 Å². The first-order chi connectivity index (χ1) is 9.69. The minimum Gasteiger partial charge on any atom is -0.345 e. The fraction of sp³-hybridized carbons (Fsp3) is 0.353. The molecule has 4 rings (SSSR count). The second-order valence-electron chi connectivity index (χ2n) is 6.06. The minimum absolute atomic E-state index is 0.460. The topological polar surface area (TPSA) is 32.0 Å². The van der Waals surface area contributed by atoms with E-state index in [9.17, 15) is 5.26 Å². The zero-order chi connectivity index (χ0) is 13.9. The average Bonchev–Trinajstić information content (AvgIpc) is 2.85. The van der Waals surface area contributed by atoms with Crippen molar-refractivity contribution >= 4 is 16.5 Å². The summed E-state index contributed by atoms with van der Waals surface area (Å²) in [6, 6.07) is 8.94. The highest BCUT2D eigenvalue weighted by Gasteiger charge is 2.32. The molecule has 0 bridgehead atoms. The monoisotopic (exact) mass is 263 g/mol. The SMILES string of the molecule is C[C@@H]1C=C2c3ccc(C#N)c4ccn(c34)C[C@H]2N(C)C1. The molecule has 2 aromatic rings. The van der Waals surface area contributed by atoms with Gasteiger partial charge in [-0.2, -0.15) is 5.26 Å². The molecule has 0 fully saturated rings. The zero-order valence-electron chi connectivity index (χ0n) is 11.8. The number of fused-ring (bicyclic) bond motifs is 2. The molecule has 0 radical (unpaired) electrons. The first-order valence-electron chi connectivity index (χ1n) is 7.13. The second kappa shape index (κ2) is 3.97. The van der Waals surface area contributed by atoms with Crippen LogP contribution in [0, 0.1) is 17.2 Å². The molecule has 0 N–H and O–H groups in total. The van der Waals surface area contributed by atoms with Crippen LogP contribution < -0.4 is 0 Å². The molecule has 0 aliphatic carbocycles. The maximum absolute atomic E-state index is 9.26. The molecule has 1 aromatic carbocycles. The summed E-state index contributed by atoms with van der Waals surface area (Å²) in [6.07, 6.45) is 4.54. The van der Waals surface area contributed by atoms with Gasteiger partial charge in [0.2, 0.25) is 0 Å². The predicted molar refractivity (Wildman–Crippen MR) is 80.2 cm³/mol. The molecule has 1 aromatic heterocycles. The molecule has 0 saturated heterocycles. The molecule has 3 nitrogen and oxygen atoms in total. The molecule has 20 heavy (non-hydrogen) atoms. The van der Waals surface area contributed by atoms with Crippen LogP contribution in [0.1, 0.15) is 18.1 Å². The van der Waals surface area contributed by atoms with E-state index in [2.05, 4.69) is 53.9 Å². The first kappa shape index (κ1) is 11.7. The molecule has 0 unspecified atom stereocenters. The lowest BCUT2D eigenvalue weighted by Crippen LogP contribution is -2.43. The quantitative estimate of drug-likeness (QED) is 0.732. The van der Waals surface area contributed by atoms with Crippen LogP contribution in [0.25, 0.3) is 16.5 Å². The summed E-state index contributed by atoms with van der Waals surface area (Å²) in [5.74, 6) is 0.582. The van der Waals surface area contributed by atoms with E-state index in [1.54, 1.807) is 0 Å². The standard InChI is InChI=1S/C17H17N3/c1-11-7-15-14-4-3-12(8-18)13-5-6-20(17(13)14)10-16(15)19(2)9-11/h3-7,11,16H,9-10H2,1-2H3/t11-,16-/m1/s1. The van der Waals surface area contributed by atoms with Gasteiger partial charge in [-0.05, 0) is 30.7 Å². The van der Waals surface area contributed by atoms with Crippen LogP contribution in [-0.2, 0) is 6.54 Å². The summed E-state index contributed by atoms with van der Waals surface area (Å²) >= 11 is 0. The van der Waals surface area contributed by atoms with Crippen molar-refractivity contribution < 1.29 is 0 Å². The van der Waals surface area contributed by atoms with Crippen LogP contribution in [0.2, 0.25) is 0 Å². The van der Waals surface area contributed by atoms with Crippen molar-refractivity contribution in [2.24, 2.45) is 5.92 Å². The number of benzene rings is 1. The summed E-state index contributed by atoms with van der Waals surface area (Å²) in [5, 5.41) is 10.3. The van der Waals surface area contributed by atoms with Crippen LogP contribution in [0.15, 0.2) is 30.5 Å². The molecule has 2 aliphatic rings. The molecular formula is C17H17N3. The number of likely N-dealkylation sites (N-methyl/N-ethyl adjacent to an activating group) is 1. The Balaban J connectivity index is 2.03. The number of rotatable bonds is 0. The third kappa shape index (κ3) is 1.43. The van der Waals surface area contributed by atoms with Gasteiger partial charge in [-0.3, -0.25) is 4.90 Å². The Bertz CT molecular complexity index is 775. The Kier molecular flexibility index (Phi) is 2.33. The van der Waals surface area contributed by atoms with Crippen molar-refractivity contribution in [3.05, 3.63) is 41.6 Å². The molecule has 0 saturated carbocycles. The maximum atomic E-state index is 9.26. The predicted octanol–water partition coefficient (Wildman–Crippen LogP) is 2.86. The van der Waals surface area contributed by atoms with E-state index < -0.39 is 0 Å². The molecule has 2 atom stereocenters. The molecule has 3 heterocycles. The normalized spacial score (nSPS) is 25.1. The highest BCUT2D eigenvalue weighted by atomic mass is 15.2. The molecule has 3 heteroatoms. The number of hydrogen-bond acceptors (Lipinski definition) is 2. The van der Waals surface area contributed by atoms with Crippen molar-refractivity contribution in [3.63, 3.8) is 0 Å². The minimum atomic E-state index is 0.460. The van der Waals surface area contributed by atoms with E-state index in [1.165, 1.54) is 16.7 Å². The van der Waals surface area contributed by atoms with Gasteiger partial charge in [0.15, 0.2) is 0 Å². The number of nitriles is 1. The van der Waals surface area contributed by atoms with Crippen LogP contribution in [-0.4, -0.2) is 29.1 Å². The summed E-state index contributed by atoms with van der Waals surface area (Å²) in [5.41, 5.74) is 4.75. The molecule has 100 valence electrons. The smallest absolute Gasteiger partial charge is 0.0998 e. The summed E-state index contributed by atoms with van der Waals surface area (Å²) in [7, 11) is 2.21. The lowest BCUT2D eigenvalue weighted by molar-refractivity contribution is 0.234. The van der Waals surface area contributed by atoms with E-state index in [-0.39, 0.29) is 0 Å². The fourth-order valence-electron chi connectivity index (χ4n) is 3.79. The van der Waals surface area contributed by atoms with Gasteiger partial charge in [-0.25, -0.2) is 0 Å². The summed E-state index contributed by atoms with van der Waals surface area (Å²) in [4.78, 5) is 2.45. The van der Waals surface area contributed by atoms with Gasteiger partial charge in [0, 0.05) is 30.2 Å². The summed E-state index contributed by atoms with van der Waals surface area (Å²) < 4.78 is 2.31. The number of hydrogen-bond donors (Lipinski definition) is 0. The largest absolute Gasteiger partial charge is 0.345 e. The van der Waals surface area contributed by atoms with E-state index in [0.29, 0.717) is 12.0 Å². The van der Waals surface area contributed by atoms with Gasteiger partial charge in [0.05, 0.1) is 23.2 Å². The van der Waals surface area contributed by atoms with Gasteiger partial charge in [0.1, 0.15) is 0 Å². The molecule has 0 spiro atoms. The van der Waals surface area contributed by atoms with Crippen LogP contribution in [0.5, 0.6) is 0 Å². The van der Waals surface area contributed by atoms with E-state index in [0.717, 1.165) is 24.0 Å². The Morgan fingerprint density at radius 2 is 2.10 bits per heavy atom. The van der Waals surface area contributed by atoms with Crippen molar-refractivity contribution in [1.82, 2.24) is 9.47 Å². The van der Waals surface area contributed by atoms with E-state index >= 15 is 0 Å². The fourth-order valence-corrected chi connectivity index (χ4v) is 3.79. The van der Waals surface area contributed by atoms with E-state index in [4.69, 9.17) is 0 Å². The van der Waals surface area contributed by atoms with Crippen molar-refractivity contribution in [2.45, 2.75) is 19.5 Å². The first-order valence-corrected chi connectivity index (χ1v) is 7.13. The number of aromatic nitrogens is 1. The third-order valence-corrected chi connectivity index (χ3v) is 4.66. The molecule has 0 amide bonds. The molecule has 2 aliphatic heterocycles. The Morgan fingerprint density at radius 3 is 2.90 bits per heavy atom. The van der Waals surface area contributed by atoms with Crippen LogP contribution >= 0.6 is 0 Å². The van der Waals surface area contributed by atoms with Gasteiger partial charge >= 0.3 is 0 Å². The lowest BCUT2D eigenvalue weighted by atomic mass is 9.86. The van der Waals surface area contributed by atoms with Gasteiger partial charge in [0.25, 0.3) is 0 Å². The molecular weight excluding hydrogens is 246 g/mol. The van der Waals surface area contributed by atoms with Gasteiger partial charge in [-0.15, -0.1) is 0 Å². The van der Waals surface area contributed by atoms with Crippen molar-refractivity contribution in [1.29, 1.82) is 5.26 Å². The Hall–Kier alpha value is -2.05. The van der Waals surface area contributed by atoms with Crippen LogP contribution in [0.4, 0.5) is 0 Å². The van der Waals surface area contributed by atoms with E-state index in [1.807, 2.05) is 6.07 Å². The summed E-state index contributed by atoms with van der Waals surface area (Å²) in [6.45, 7) is 4.37. The van der Waals surface area contributed by atoms with Crippen molar-refractivity contribution in [3.8, 4) is 6.07 Å². The zero-order valence-corrected chi connectivity index (χ0v) is 11.8. The third-order valence-electron chi connectivity index (χ3n) is 4.66. The highest BCUT2D eigenvalue weighted by molar-refractivity contribution is 5.97. The number of nitrogens with zero attached hydrogens (tertiary/aromatic N) is 3. The van der Waals surface area contributed by atoms with Crippen molar-refractivity contribution in [2.75, 3.05) is 13.6 Å². The van der Waals surface area contributed by atoms with Crippen LogP contribution in [0.3, 0.4) is 0 Å². The Labute approximate surface area is 118 Å². The lowest BCUT2D eigenvalue weighted by Gasteiger charge is -2.39. The average molecular weight is 263 g/mol.